The van der Waals surface area contributed by atoms with Crippen molar-refractivity contribution in [3.63, 3.8) is 0 Å². The zero-order chi connectivity index (χ0) is 17.2. The highest BCUT2D eigenvalue weighted by Gasteiger charge is 2.23. The van der Waals surface area contributed by atoms with Crippen molar-refractivity contribution in [3.8, 4) is 11.5 Å². The molecule has 23 heavy (non-hydrogen) atoms. The molecular formula is C15H21N3O4S. The van der Waals surface area contributed by atoms with Gasteiger partial charge in [0.15, 0.2) is 11.5 Å². The number of hydrogen-bond acceptors (Lipinski definition) is 5. The van der Waals surface area contributed by atoms with E-state index in [-0.39, 0.29) is 11.4 Å². The summed E-state index contributed by atoms with van der Waals surface area (Å²) in [7, 11) is 2.69. The SMILES string of the molecule is COc1ccc(S(=O)(=O)N(C)Cc2cnn(C)c2C)cc1OC. The van der Waals surface area contributed by atoms with E-state index in [0.717, 1.165) is 11.3 Å². The van der Waals surface area contributed by atoms with Gasteiger partial charge in [0, 0.05) is 38.0 Å². The molecule has 0 aliphatic rings. The highest BCUT2D eigenvalue weighted by molar-refractivity contribution is 7.89. The van der Waals surface area contributed by atoms with Gasteiger partial charge in [0.25, 0.3) is 0 Å². The average molecular weight is 339 g/mol. The number of ether oxygens (including phenoxy) is 2. The van der Waals surface area contributed by atoms with Crippen molar-refractivity contribution in [1.29, 1.82) is 0 Å². The van der Waals surface area contributed by atoms with E-state index in [4.69, 9.17) is 9.47 Å². The molecule has 0 aliphatic heterocycles. The number of aryl methyl sites for hydroxylation is 1. The molecule has 0 N–H and O–H groups in total. The van der Waals surface area contributed by atoms with E-state index in [1.165, 1.54) is 30.7 Å². The van der Waals surface area contributed by atoms with Crippen molar-refractivity contribution >= 4 is 10.0 Å². The van der Waals surface area contributed by atoms with Gasteiger partial charge in [0.1, 0.15) is 0 Å². The second kappa shape index (κ2) is 6.59. The maximum Gasteiger partial charge on any atom is 0.243 e. The first kappa shape index (κ1) is 17.3. The summed E-state index contributed by atoms with van der Waals surface area (Å²) >= 11 is 0. The first-order valence-electron chi connectivity index (χ1n) is 6.97. The number of benzene rings is 1. The van der Waals surface area contributed by atoms with Gasteiger partial charge >= 0.3 is 0 Å². The largest absolute Gasteiger partial charge is 0.493 e. The average Bonchev–Trinajstić information content (AvgIpc) is 2.86. The summed E-state index contributed by atoms with van der Waals surface area (Å²) in [5.41, 5.74) is 1.79. The van der Waals surface area contributed by atoms with Gasteiger partial charge < -0.3 is 9.47 Å². The molecule has 2 rings (SSSR count). The summed E-state index contributed by atoms with van der Waals surface area (Å²) in [6.07, 6.45) is 1.68. The predicted octanol–water partition coefficient (Wildman–Crippen LogP) is 1.57. The van der Waals surface area contributed by atoms with Crippen molar-refractivity contribution in [3.05, 3.63) is 35.7 Å². The number of nitrogens with zero attached hydrogens (tertiary/aromatic N) is 3. The van der Waals surface area contributed by atoms with Gasteiger partial charge in [-0.05, 0) is 19.1 Å². The molecule has 0 amide bonds. The van der Waals surface area contributed by atoms with Crippen molar-refractivity contribution in [2.75, 3.05) is 21.3 Å². The van der Waals surface area contributed by atoms with Gasteiger partial charge in [-0.1, -0.05) is 0 Å². The van der Waals surface area contributed by atoms with Crippen LogP contribution in [0.2, 0.25) is 0 Å². The molecule has 0 spiro atoms. The zero-order valence-electron chi connectivity index (χ0n) is 13.9. The molecule has 1 aromatic heterocycles. The highest BCUT2D eigenvalue weighted by atomic mass is 32.2. The Balaban J connectivity index is 2.32. The summed E-state index contributed by atoms with van der Waals surface area (Å²) in [6.45, 7) is 2.15. The molecule has 2 aromatic rings. The smallest absolute Gasteiger partial charge is 0.243 e. The molecule has 0 aliphatic carbocycles. The van der Waals surface area contributed by atoms with E-state index < -0.39 is 10.0 Å². The molecule has 126 valence electrons. The zero-order valence-corrected chi connectivity index (χ0v) is 14.7. The summed E-state index contributed by atoms with van der Waals surface area (Å²) in [5, 5.41) is 4.13. The van der Waals surface area contributed by atoms with Crippen molar-refractivity contribution in [2.24, 2.45) is 7.05 Å². The highest BCUT2D eigenvalue weighted by Crippen LogP contribution is 2.30. The fraction of sp³-hybridized carbons (Fsp3) is 0.400. The molecule has 7 nitrogen and oxygen atoms in total. The lowest BCUT2D eigenvalue weighted by Gasteiger charge is -2.18. The normalized spacial score (nSPS) is 11.7. The van der Waals surface area contributed by atoms with Crippen LogP contribution in [0, 0.1) is 6.92 Å². The van der Waals surface area contributed by atoms with E-state index in [9.17, 15) is 8.42 Å². The molecule has 1 aromatic carbocycles. The molecule has 8 heteroatoms. The van der Waals surface area contributed by atoms with Crippen LogP contribution in [0.15, 0.2) is 29.3 Å². The Hall–Kier alpha value is -2.06. The lowest BCUT2D eigenvalue weighted by Crippen LogP contribution is -2.26. The fourth-order valence-corrected chi connectivity index (χ4v) is 3.35. The third-order valence-corrected chi connectivity index (χ3v) is 5.59. The van der Waals surface area contributed by atoms with Gasteiger partial charge in [-0.2, -0.15) is 9.40 Å². The van der Waals surface area contributed by atoms with Crippen LogP contribution >= 0.6 is 0 Å². The van der Waals surface area contributed by atoms with E-state index in [2.05, 4.69) is 5.10 Å². The summed E-state index contributed by atoms with van der Waals surface area (Å²) in [4.78, 5) is 0.152. The summed E-state index contributed by atoms with van der Waals surface area (Å²) in [5.74, 6) is 0.858. The topological polar surface area (TPSA) is 73.7 Å². The number of methoxy groups -OCH3 is 2. The molecule has 0 radical (unpaired) electrons. The number of sulfonamides is 1. The Morgan fingerprint density at radius 3 is 2.39 bits per heavy atom. The van der Waals surface area contributed by atoms with E-state index >= 15 is 0 Å². The minimum atomic E-state index is -3.64. The van der Waals surface area contributed by atoms with Crippen LogP contribution < -0.4 is 9.47 Å². The second-order valence-corrected chi connectivity index (χ2v) is 7.20. The molecule has 0 bridgehead atoms. The van der Waals surface area contributed by atoms with Gasteiger partial charge in [-0.15, -0.1) is 0 Å². The van der Waals surface area contributed by atoms with Crippen molar-refractivity contribution in [1.82, 2.24) is 14.1 Å². The van der Waals surface area contributed by atoms with Crippen LogP contribution in [0.5, 0.6) is 11.5 Å². The van der Waals surface area contributed by atoms with Crippen LogP contribution in [0.4, 0.5) is 0 Å². The lowest BCUT2D eigenvalue weighted by atomic mass is 10.3. The second-order valence-electron chi connectivity index (χ2n) is 5.16. The Labute approximate surface area is 136 Å². The molecule has 0 saturated heterocycles. The van der Waals surface area contributed by atoms with Crippen molar-refractivity contribution < 1.29 is 17.9 Å². The van der Waals surface area contributed by atoms with E-state index in [1.807, 2.05) is 14.0 Å². The first-order valence-corrected chi connectivity index (χ1v) is 8.41. The minimum Gasteiger partial charge on any atom is -0.493 e. The van der Waals surface area contributed by atoms with Gasteiger partial charge in [0.2, 0.25) is 10.0 Å². The standard InChI is InChI=1S/C15H21N3O4S/c1-11-12(9-16-18(11)3)10-17(2)23(19,20)13-6-7-14(21-4)15(8-13)22-5/h6-9H,10H2,1-5H3. The number of rotatable bonds is 6. The van der Waals surface area contributed by atoms with Gasteiger partial charge in [-0.25, -0.2) is 8.42 Å². The summed E-state index contributed by atoms with van der Waals surface area (Å²) < 4.78 is 38.8. The molecular weight excluding hydrogens is 318 g/mol. The Kier molecular flexibility index (Phi) is 4.96. The molecule has 1 heterocycles. The van der Waals surface area contributed by atoms with Crippen molar-refractivity contribution in [2.45, 2.75) is 18.4 Å². The van der Waals surface area contributed by atoms with Crippen LogP contribution in [-0.2, 0) is 23.6 Å². The maximum absolute atomic E-state index is 12.7. The Morgan fingerprint density at radius 1 is 1.22 bits per heavy atom. The Bertz CT molecular complexity index is 799. The Morgan fingerprint density at radius 2 is 1.87 bits per heavy atom. The van der Waals surface area contributed by atoms with Crippen LogP contribution in [-0.4, -0.2) is 43.8 Å². The van der Waals surface area contributed by atoms with Crippen LogP contribution in [0.25, 0.3) is 0 Å². The fourth-order valence-electron chi connectivity index (χ4n) is 2.18. The van der Waals surface area contributed by atoms with Gasteiger partial charge in [0.05, 0.1) is 25.3 Å². The first-order chi connectivity index (χ1) is 10.8. The number of hydrogen-bond donors (Lipinski definition) is 0. The molecule has 0 atom stereocenters. The summed E-state index contributed by atoms with van der Waals surface area (Å²) in [6, 6.07) is 4.54. The third-order valence-electron chi connectivity index (χ3n) is 3.79. The lowest BCUT2D eigenvalue weighted by molar-refractivity contribution is 0.353. The quantitative estimate of drug-likeness (QED) is 0.799. The van der Waals surface area contributed by atoms with Crippen LogP contribution in [0.1, 0.15) is 11.3 Å². The molecule has 0 fully saturated rings. The third kappa shape index (κ3) is 3.32. The van der Waals surface area contributed by atoms with Gasteiger partial charge in [-0.3, -0.25) is 4.68 Å². The monoisotopic (exact) mass is 339 g/mol. The van der Waals surface area contributed by atoms with E-state index in [0.29, 0.717) is 11.5 Å². The number of aromatic nitrogens is 2. The van der Waals surface area contributed by atoms with Crippen LogP contribution in [0.3, 0.4) is 0 Å². The predicted molar refractivity (Wildman–Crippen MR) is 86.1 cm³/mol. The molecule has 0 saturated carbocycles. The van der Waals surface area contributed by atoms with E-state index in [1.54, 1.807) is 24.0 Å². The molecule has 0 unspecified atom stereocenters. The maximum atomic E-state index is 12.7. The minimum absolute atomic E-state index is 0.152.